The molecule has 3 heterocycles. The molecule has 0 saturated carbocycles. The highest BCUT2D eigenvalue weighted by atomic mass is 35.5. The summed E-state index contributed by atoms with van der Waals surface area (Å²) >= 11 is 6.55. The van der Waals surface area contributed by atoms with Crippen molar-refractivity contribution in [2.75, 3.05) is 19.6 Å². The summed E-state index contributed by atoms with van der Waals surface area (Å²) in [6, 6.07) is 16.7. The molecule has 6 heteroatoms. The molecule has 1 aromatic heterocycles. The summed E-state index contributed by atoms with van der Waals surface area (Å²) < 4.78 is 2.12. The number of para-hydroxylation sites is 1. The zero-order chi connectivity index (χ0) is 24.8. The number of carbonyl (C=O) groups is 1. The number of allylic oxidation sites excluding steroid dienone is 1. The second kappa shape index (κ2) is 11.6. The molecular weight excluding hydrogens is 456 g/mol. The van der Waals surface area contributed by atoms with Gasteiger partial charge in [-0.2, -0.15) is 0 Å². The van der Waals surface area contributed by atoms with Gasteiger partial charge in [0.25, 0.3) is 5.91 Å². The Balaban J connectivity index is 0.00000141. The molecular formula is C29H35ClN4O. The van der Waals surface area contributed by atoms with E-state index in [1.54, 1.807) is 0 Å². The molecule has 0 atom stereocenters. The molecule has 2 aliphatic rings. The van der Waals surface area contributed by atoms with E-state index in [1.807, 2.05) is 56.2 Å². The lowest BCUT2D eigenvalue weighted by molar-refractivity contribution is 0.0698. The minimum Gasteiger partial charge on any atom is -0.385 e. The molecule has 5 nitrogen and oxygen atoms in total. The lowest BCUT2D eigenvalue weighted by Crippen LogP contribution is -2.45. The molecule has 1 amide bonds. The number of benzene rings is 2. The summed E-state index contributed by atoms with van der Waals surface area (Å²) in [5.74, 6) is 0.0944. The van der Waals surface area contributed by atoms with Gasteiger partial charge in [0, 0.05) is 66.5 Å². The Morgan fingerprint density at radius 2 is 1.89 bits per heavy atom. The van der Waals surface area contributed by atoms with Gasteiger partial charge in [-0.3, -0.25) is 9.79 Å². The molecule has 35 heavy (non-hydrogen) atoms. The zero-order valence-electron chi connectivity index (χ0n) is 20.9. The highest BCUT2D eigenvalue weighted by Gasteiger charge is 2.27. The molecule has 0 bridgehead atoms. The molecule has 1 fully saturated rings. The number of dihydropyridines is 1. The Labute approximate surface area is 213 Å². The molecule has 0 unspecified atom stereocenters. The number of aryl methyl sites for hydroxylation is 1. The van der Waals surface area contributed by atoms with E-state index in [0.29, 0.717) is 12.6 Å². The van der Waals surface area contributed by atoms with Crippen LogP contribution in [0.15, 0.2) is 65.3 Å². The average molecular weight is 491 g/mol. The van der Waals surface area contributed by atoms with Crippen LogP contribution in [0.4, 0.5) is 0 Å². The van der Waals surface area contributed by atoms with Crippen LogP contribution < -0.4 is 5.32 Å². The van der Waals surface area contributed by atoms with Crippen molar-refractivity contribution in [3.05, 3.63) is 82.1 Å². The van der Waals surface area contributed by atoms with Gasteiger partial charge in [-0.1, -0.05) is 55.8 Å². The van der Waals surface area contributed by atoms with E-state index in [9.17, 15) is 4.79 Å². The molecule has 5 rings (SSSR count). The molecule has 184 valence electrons. The SMILES string of the molecule is CC.Cc1ccc(Cn2c(C(=O)N3CCC(NC4=CC=NCC4)CC3)cc3ccccc32)c(Cl)c1. The van der Waals surface area contributed by atoms with Gasteiger partial charge in [0.2, 0.25) is 0 Å². The van der Waals surface area contributed by atoms with Crippen molar-refractivity contribution in [1.82, 2.24) is 14.8 Å². The number of aromatic nitrogens is 1. The van der Waals surface area contributed by atoms with Gasteiger partial charge in [-0.05, 0) is 55.2 Å². The molecule has 0 spiro atoms. The summed E-state index contributed by atoms with van der Waals surface area (Å²) in [4.78, 5) is 19.9. The highest BCUT2D eigenvalue weighted by molar-refractivity contribution is 6.31. The third kappa shape index (κ3) is 5.79. The molecule has 0 radical (unpaired) electrons. The Morgan fingerprint density at radius 1 is 1.11 bits per heavy atom. The van der Waals surface area contributed by atoms with Crippen molar-refractivity contribution in [3.8, 4) is 0 Å². The number of hydrogen-bond acceptors (Lipinski definition) is 3. The number of aliphatic imine (C=N–C) groups is 1. The quantitative estimate of drug-likeness (QED) is 0.460. The van der Waals surface area contributed by atoms with Crippen molar-refractivity contribution in [2.45, 2.75) is 52.6 Å². The molecule has 2 aliphatic heterocycles. The molecule has 2 aromatic carbocycles. The number of halogens is 1. The first-order chi connectivity index (χ1) is 17.1. The Bertz CT molecular complexity index is 1230. The van der Waals surface area contributed by atoms with Gasteiger partial charge >= 0.3 is 0 Å². The maximum absolute atomic E-state index is 13.6. The molecule has 3 aromatic rings. The van der Waals surface area contributed by atoms with E-state index in [4.69, 9.17) is 11.6 Å². The molecule has 1 N–H and O–H groups in total. The summed E-state index contributed by atoms with van der Waals surface area (Å²) in [5, 5.41) is 5.46. The van der Waals surface area contributed by atoms with Crippen LogP contribution in [0.5, 0.6) is 0 Å². The van der Waals surface area contributed by atoms with Crippen molar-refractivity contribution in [1.29, 1.82) is 0 Å². The van der Waals surface area contributed by atoms with Gasteiger partial charge < -0.3 is 14.8 Å². The van der Waals surface area contributed by atoms with Crippen LogP contribution in [0.25, 0.3) is 10.9 Å². The van der Waals surface area contributed by atoms with Crippen LogP contribution in [-0.2, 0) is 6.54 Å². The number of likely N-dealkylation sites (tertiary alicyclic amines) is 1. The van der Waals surface area contributed by atoms with Crippen molar-refractivity contribution in [2.24, 2.45) is 4.99 Å². The van der Waals surface area contributed by atoms with Gasteiger partial charge in [-0.15, -0.1) is 0 Å². The van der Waals surface area contributed by atoms with E-state index in [1.165, 1.54) is 5.70 Å². The van der Waals surface area contributed by atoms with Crippen LogP contribution in [0, 0.1) is 6.92 Å². The maximum Gasteiger partial charge on any atom is 0.270 e. The number of amides is 1. The summed E-state index contributed by atoms with van der Waals surface area (Å²) in [6.07, 6.45) is 6.81. The number of piperidine rings is 1. The van der Waals surface area contributed by atoms with E-state index >= 15 is 0 Å². The smallest absolute Gasteiger partial charge is 0.270 e. The minimum atomic E-state index is 0.0944. The lowest BCUT2D eigenvalue weighted by atomic mass is 10.0. The Morgan fingerprint density at radius 3 is 2.60 bits per heavy atom. The van der Waals surface area contributed by atoms with Crippen molar-refractivity contribution < 1.29 is 4.79 Å². The number of nitrogens with zero attached hydrogens (tertiary/aromatic N) is 3. The van der Waals surface area contributed by atoms with Crippen molar-refractivity contribution in [3.63, 3.8) is 0 Å². The van der Waals surface area contributed by atoms with Crippen LogP contribution in [0.2, 0.25) is 5.02 Å². The highest BCUT2D eigenvalue weighted by Crippen LogP contribution is 2.26. The number of fused-ring (bicyclic) bond motifs is 1. The van der Waals surface area contributed by atoms with Gasteiger partial charge in [-0.25, -0.2) is 0 Å². The third-order valence-corrected chi connectivity index (χ3v) is 6.98. The molecule has 0 aliphatic carbocycles. The zero-order valence-corrected chi connectivity index (χ0v) is 21.7. The largest absolute Gasteiger partial charge is 0.385 e. The van der Waals surface area contributed by atoms with E-state index in [2.05, 4.69) is 45.2 Å². The molecule has 1 saturated heterocycles. The van der Waals surface area contributed by atoms with E-state index in [0.717, 1.165) is 71.6 Å². The van der Waals surface area contributed by atoms with Crippen LogP contribution in [0.1, 0.15) is 54.7 Å². The Hall–Kier alpha value is -3.05. The van der Waals surface area contributed by atoms with Crippen LogP contribution in [-0.4, -0.2) is 47.3 Å². The fourth-order valence-corrected chi connectivity index (χ4v) is 5.06. The summed E-state index contributed by atoms with van der Waals surface area (Å²) in [7, 11) is 0. The van der Waals surface area contributed by atoms with Gasteiger partial charge in [0.05, 0.1) is 0 Å². The second-order valence-electron chi connectivity index (χ2n) is 8.98. The summed E-state index contributed by atoms with van der Waals surface area (Å²) in [5.41, 5.74) is 5.19. The standard InChI is InChI=1S/C27H29ClN4O.C2H6/c1-19-6-7-21(24(28)16-19)18-32-25-5-3-2-4-20(25)17-26(32)27(33)31-14-10-23(11-15-31)30-22-8-12-29-13-9-22;1-2/h2-8,12,16-17,23,30H,9-11,13-15,18H2,1H3;1-2H3. The van der Waals surface area contributed by atoms with E-state index in [-0.39, 0.29) is 5.91 Å². The van der Waals surface area contributed by atoms with Crippen molar-refractivity contribution >= 4 is 34.6 Å². The predicted octanol–water partition coefficient (Wildman–Crippen LogP) is 6.23. The first-order valence-corrected chi connectivity index (χ1v) is 13.0. The Kier molecular flexibility index (Phi) is 8.29. The predicted molar refractivity (Wildman–Crippen MR) is 147 cm³/mol. The lowest BCUT2D eigenvalue weighted by Gasteiger charge is -2.33. The fourth-order valence-electron chi connectivity index (χ4n) is 4.77. The summed E-state index contributed by atoms with van der Waals surface area (Å²) in [6.45, 7) is 8.97. The number of carbonyl (C=O) groups excluding carboxylic acids is 1. The number of hydrogen-bond donors (Lipinski definition) is 1. The maximum atomic E-state index is 13.6. The number of rotatable bonds is 5. The fraction of sp³-hybridized carbons (Fsp3) is 0.379. The normalized spacial score (nSPS) is 16.0. The number of nitrogens with one attached hydrogen (secondary N) is 1. The monoisotopic (exact) mass is 490 g/mol. The second-order valence-corrected chi connectivity index (χ2v) is 9.38. The topological polar surface area (TPSA) is 49.6 Å². The van der Waals surface area contributed by atoms with Crippen LogP contribution in [0.3, 0.4) is 0 Å². The minimum absolute atomic E-state index is 0.0944. The van der Waals surface area contributed by atoms with E-state index < -0.39 is 0 Å². The first kappa shape index (κ1) is 25.1. The average Bonchev–Trinajstić information content (AvgIpc) is 3.26. The van der Waals surface area contributed by atoms with Gasteiger partial charge in [0.15, 0.2) is 0 Å². The van der Waals surface area contributed by atoms with Gasteiger partial charge in [0.1, 0.15) is 5.69 Å². The third-order valence-electron chi connectivity index (χ3n) is 6.63. The first-order valence-electron chi connectivity index (χ1n) is 12.7. The van der Waals surface area contributed by atoms with Crippen LogP contribution >= 0.6 is 11.6 Å².